The van der Waals surface area contributed by atoms with Gasteiger partial charge in [0, 0.05) is 5.41 Å². The first kappa shape index (κ1) is 17.7. The van der Waals surface area contributed by atoms with Gasteiger partial charge in [-0.05, 0) is 43.7 Å². The highest BCUT2D eigenvalue weighted by Gasteiger charge is 2.36. The van der Waals surface area contributed by atoms with E-state index in [1.165, 1.54) is 10.4 Å². The molecule has 2 aromatic carbocycles. The fourth-order valence-electron chi connectivity index (χ4n) is 2.83. The number of aryl methyl sites for hydroxylation is 2. The molecule has 0 saturated heterocycles. The highest BCUT2D eigenvalue weighted by molar-refractivity contribution is 7.95. The van der Waals surface area contributed by atoms with Crippen molar-refractivity contribution < 1.29 is 16.8 Å². The van der Waals surface area contributed by atoms with E-state index in [-0.39, 0.29) is 10.6 Å². The molecule has 1 atom stereocenters. The van der Waals surface area contributed by atoms with Crippen LogP contribution in [0.3, 0.4) is 0 Å². The normalized spacial score (nSPS) is 19.0. The summed E-state index contributed by atoms with van der Waals surface area (Å²) >= 11 is 0. The molecule has 7 heteroatoms. The second kappa shape index (κ2) is 6.31. The predicted molar refractivity (Wildman–Crippen MR) is 98.7 cm³/mol. The smallest absolute Gasteiger partial charge is 0.258 e. The van der Waals surface area contributed by atoms with Gasteiger partial charge in [0.2, 0.25) is 0 Å². The monoisotopic (exact) mass is 377 g/mol. The molecule has 1 heterocycles. The number of anilines is 1. The average molecular weight is 377 g/mol. The lowest BCUT2D eigenvalue weighted by molar-refractivity contribution is 0.586. The third kappa shape index (κ3) is 3.48. The molecule has 132 valence electrons. The van der Waals surface area contributed by atoms with E-state index in [2.05, 4.69) is 0 Å². The molecule has 0 amide bonds. The van der Waals surface area contributed by atoms with Gasteiger partial charge in [-0.3, -0.25) is 4.31 Å². The van der Waals surface area contributed by atoms with Gasteiger partial charge in [-0.15, -0.1) is 0 Å². The molecule has 2 aromatic rings. The van der Waals surface area contributed by atoms with Gasteiger partial charge in [-0.2, -0.15) is 0 Å². The Kier molecular flexibility index (Phi) is 4.47. The van der Waals surface area contributed by atoms with Crippen molar-refractivity contribution in [3.8, 4) is 0 Å². The highest BCUT2D eigenvalue weighted by atomic mass is 32.2. The zero-order valence-corrected chi connectivity index (χ0v) is 15.6. The number of hydrogen-bond donors (Lipinski definition) is 0. The Bertz CT molecular complexity index is 1020. The van der Waals surface area contributed by atoms with E-state index < -0.39 is 25.9 Å². The first-order valence-electron chi connectivity index (χ1n) is 7.78. The number of rotatable bonds is 4. The SMILES string of the molecule is Cc1ccc(S(=O)(=O)N(c2ccccc2C)C2C=CS(=O)(=O)C2)cc1. The van der Waals surface area contributed by atoms with Crippen LogP contribution < -0.4 is 4.31 Å². The quantitative estimate of drug-likeness (QED) is 0.821. The molecule has 5 nitrogen and oxygen atoms in total. The standard InChI is InChI=1S/C18H19NO4S2/c1-14-7-9-17(10-8-14)25(22,23)19(16-11-12-24(20,21)13-16)18-6-4-3-5-15(18)2/h3-12,16H,13H2,1-2H3. The molecule has 0 N–H and O–H groups in total. The van der Waals surface area contributed by atoms with E-state index in [0.29, 0.717) is 5.69 Å². The van der Waals surface area contributed by atoms with Crippen molar-refractivity contribution in [2.45, 2.75) is 24.8 Å². The Balaban J connectivity index is 2.16. The molecule has 1 aliphatic rings. The van der Waals surface area contributed by atoms with Crippen LogP contribution in [-0.2, 0) is 19.9 Å². The van der Waals surface area contributed by atoms with E-state index >= 15 is 0 Å². The molecule has 0 aliphatic carbocycles. The molecule has 0 radical (unpaired) electrons. The minimum atomic E-state index is -3.91. The van der Waals surface area contributed by atoms with E-state index in [1.807, 2.05) is 13.0 Å². The molecule has 25 heavy (non-hydrogen) atoms. The topological polar surface area (TPSA) is 71.5 Å². The van der Waals surface area contributed by atoms with E-state index in [1.54, 1.807) is 49.4 Å². The molecular formula is C18H19NO4S2. The lowest BCUT2D eigenvalue weighted by Gasteiger charge is -2.30. The maximum atomic E-state index is 13.3. The van der Waals surface area contributed by atoms with Gasteiger partial charge >= 0.3 is 0 Å². The summed E-state index contributed by atoms with van der Waals surface area (Å²) in [4.78, 5) is 0.138. The molecule has 3 rings (SSSR count). The largest absolute Gasteiger partial charge is 0.264 e. The molecule has 0 spiro atoms. The van der Waals surface area contributed by atoms with Crippen LogP contribution in [0, 0.1) is 13.8 Å². The van der Waals surface area contributed by atoms with E-state index in [0.717, 1.165) is 16.5 Å². The van der Waals surface area contributed by atoms with Crippen molar-refractivity contribution in [1.29, 1.82) is 0 Å². The summed E-state index contributed by atoms with van der Waals surface area (Å²) in [5, 5.41) is 1.09. The maximum Gasteiger partial charge on any atom is 0.264 e. The lowest BCUT2D eigenvalue weighted by atomic mass is 10.2. The van der Waals surface area contributed by atoms with Gasteiger partial charge in [-0.1, -0.05) is 35.9 Å². The van der Waals surface area contributed by atoms with E-state index in [9.17, 15) is 16.8 Å². The third-order valence-electron chi connectivity index (χ3n) is 4.14. The Morgan fingerprint density at radius 2 is 1.64 bits per heavy atom. The molecule has 0 fully saturated rings. The summed E-state index contributed by atoms with van der Waals surface area (Å²) in [7, 11) is -7.31. The van der Waals surface area contributed by atoms with Crippen LogP contribution in [0.25, 0.3) is 0 Å². The fraction of sp³-hybridized carbons (Fsp3) is 0.222. The summed E-state index contributed by atoms with van der Waals surface area (Å²) < 4.78 is 51.5. The fourth-order valence-corrected chi connectivity index (χ4v) is 5.86. The van der Waals surface area contributed by atoms with Crippen molar-refractivity contribution in [2.75, 3.05) is 10.1 Å². The summed E-state index contributed by atoms with van der Waals surface area (Å²) in [6, 6.07) is 12.8. The number of nitrogens with zero attached hydrogens (tertiary/aromatic N) is 1. The van der Waals surface area contributed by atoms with Crippen molar-refractivity contribution in [2.24, 2.45) is 0 Å². The van der Waals surface area contributed by atoms with Crippen LogP contribution in [-0.4, -0.2) is 28.6 Å². The maximum absolute atomic E-state index is 13.3. The van der Waals surface area contributed by atoms with Crippen LogP contribution in [0.15, 0.2) is 64.9 Å². The van der Waals surface area contributed by atoms with E-state index in [4.69, 9.17) is 0 Å². The summed E-state index contributed by atoms with van der Waals surface area (Å²) in [6.07, 6.45) is 1.44. The van der Waals surface area contributed by atoms with Gasteiger partial charge in [0.1, 0.15) is 0 Å². The molecule has 0 aromatic heterocycles. The zero-order valence-electron chi connectivity index (χ0n) is 14.0. The molecule has 0 saturated carbocycles. The van der Waals surface area contributed by atoms with Crippen LogP contribution >= 0.6 is 0 Å². The van der Waals surface area contributed by atoms with Crippen molar-refractivity contribution in [3.63, 3.8) is 0 Å². The second-order valence-electron chi connectivity index (χ2n) is 6.13. The first-order chi connectivity index (χ1) is 11.7. The number of para-hydroxylation sites is 1. The molecule has 1 unspecified atom stereocenters. The van der Waals surface area contributed by atoms with Crippen molar-refractivity contribution in [1.82, 2.24) is 0 Å². The number of sulfonamides is 1. The number of sulfone groups is 1. The second-order valence-corrected chi connectivity index (χ2v) is 9.87. The minimum Gasteiger partial charge on any atom is -0.258 e. The van der Waals surface area contributed by atoms with Gasteiger partial charge in [0.05, 0.1) is 22.4 Å². The van der Waals surface area contributed by atoms with Crippen LogP contribution in [0.4, 0.5) is 5.69 Å². The highest BCUT2D eigenvalue weighted by Crippen LogP contribution is 2.31. The Morgan fingerprint density at radius 1 is 1.00 bits per heavy atom. The van der Waals surface area contributed by atoms with Crippen LogP contribution in [0.5, 0.6) is 0 Å². The summed E-state index contributed by atoms with van der Waals surface area (Å²) in [6.45, 7) is 3.68. The molecule has 1 aliphatic heterocycles. The Hall–Kier alpha value is -2.12. The van der Waals surface area contributed by atoms with Gasteiger partial charge in [-0.25, -0.2) is 16.8 Å². The number of hydrogen-bond acceptors (Lipinski definition) is 4. The van der Waals surface area contributed by atoms with Gasteiger partial charge < -0.3 is 0 Å². The van der Waals surface area contributed by atoms with Gasteiger partial charge in [0.15, 0.2) is 9.84 Å². The van der Waals surface area contributed by atoms with Crippen molar-refractivity contribution in [3.05, 3.63) is 71.1 Å². The molecule has 0 bridgehead atoms. The zero-order chi connectivity index (χ0) is 18.2. The van der Waals surface area contributed by atoms with Crippen LogP contribution in [0.1, 0.15) is 11.1 Å². The summed E-state index contributed by atoms with van der Waals surface area (Å²) in [5.41, 5.74) is 2.19. The lowest BCUT2D eigenvalue weighted by Crippen LogP contribution is -2.41. The molecular weight excluding hydrogens is 358 g/mol. The third-order valence-corrected chi connectivity index (χ3v) is 7.37. The Labute approximate surface area is 148 Å². The minimum absolute atomic E-state index is 0.138. The van der Waals surface area contributed by atoms with Gasteiger partial charge in [0.25, 0.3) is 10.0 Å². The first-order valence-corrected chi connectivity index (χ1v) is 10.9. The number of benzene rings is 2. The summed E-state index contributed by atoms with van der Waals surface area (Å²) in [5.74, 6) is -0.258. The average Bonchev–Trinajstić information content (AvgIpc) is 2.89. The Morgan fingerprint density at radius 3 is 2.20 bits per heavy atom. The van der Waals surface area contributed by atoms with Crippen molar-refractivity contribution >= 4 is 25.5 Å². The van der Waals surface area contributed by atoms with Crippen LogP contribution in [0.2, 0.25) is 0 Å². The predicted octanol–water partition coefficient (Wildman–Crippen LogP) is 2.81.